The lowest BCUT2D eigenvalue weighted by atomic mass is 10.1. The zero-order chi connectivity index (χ0) is 22.2. The first kappa shape index (κ1) is 22.4. The highest BCUT2D eigenvalue weighted by atomic mass is 16.6. The third-order valence-corrected chi connectivity index (χ3v) is 5.48. The van der Waals surface area contributed by atoms with Gasteiger partial charge in [0.2, 0.25) is 11.8 Å². The van der Waals surface area contributed by atoms with Crippen molar-refractivity contribution in [3.05, 3.63) is 46.4 Å². The number of benzene rings is 1. The fraction of sp³-hybridized carbons (Fsp3) is 0.524. The minimum Gasteiger partial charge on any atom is -0.497 e. The van der Waals surface area contributed by atoms with Gasteiger partial charge in [-0.25, -0.2) is 0 Å². The van der Waals surface area contributed by atoms with Gasteiger partial charge in [0.15, 0.2) is 5.82 Å². The molecule has 3 rings (SSSR count). The van der Waals surface area contributed by atoms with Gasteiger partial charge in [-0.05, 0) is 44.2 Å². The van der Waals surface area contributed by atoms with Crippen LogP contribution in [0.15, 0.2) is 36.3 Å². The first-order chi connectivity index (χ1) is 15.0. The number of nitro groups is 1. The Balaban J connectivity index is 1.70. The normalized spacial score (nSPS) is 19.7. The predicted molar refractivity (Wildman–Crippen MR) is 115 cm³/mol. The number of anilines is 1. The van der Waals surface area contributed by atoms with Crippen LogP contribution in [0.3, 0.4) is 0 Å². The summed E-state index contributed by atoms with van der Waals surface area (Å²) in [5, 5.41) is 17.1. The average Bonchev–Trinajstić information content (AvgIpc) is 3.23. The molecule has 0 radical (unpaired) electrons. The molecule has 1 unspecified atom stereocenters. The van der Waals surface area contributed by atoms with Crippen molar-refractivity contribution in [3.8, 4) is 5.75 Å². The molecule has 0 aromatic heterocycles. The van der Waals surface area contributed by atoms with Gasteiger partial charge >= 0.3 is 0 Å². The molecule has 0 spiro atoms. The van der Waals surface area contributed by atoms with Crippen LogP contribution in [0.2, 0.25) is 0 Å². The van der Waals surface area contributed by atoms with E-state index in [9.17, 15) is 19.7 Å². The first-order valence-electron chi connectivity index (χ1n) is 10.6. The number of amides is 2. The van der Waals surface area contributed by atoms with Crippen molar-refractivity contribution in [1.29, 1.82) is 0 Å². The van der Waals surface area contributed by atoms with E-state index in [1.54, 1.807) is 34.1 Å². The van der Waals surface area contributed by atoms with E-state index in [4.69, 9.17) is 4.74 Å². The molecule has 2 N–H and O–H groups in total. The first-order valence-corrected chi connectivity index (χ1v) is 10.6. The molecule has 31 heavy (non-hydrogen) atoms. The van der Waals surface area contributed by atoms with Crippen molar-refractivity contribution >= 4 is 17.5 Å². The number of carbonyl (C=O) groups excluding carboxylic acids is 2. The molecular formula is C21H29N5O5. The molecule has 2 amide bonds. The summed E-state index contributed by atoms with van der Waals surface area (Å²) in [6, 6.07) is 6.31. The van der Waals surface area contributed by atoms with Crippen LogP contribution in [0.25, 0.3) is 0 Å². The largest absolute Gasteiger partial charge is 0.497 e. The maximum absolute atomic E-state index is 13.1. The summed E-state index contributed by atoms with van der Waals surface area (Å²) >= 11 is 0. The van der Waals surface area contributed by atoms with Gasteiger partial charge < -0.3 is 25.2 Å². The van der Waals surface area contributed by atoms with E-state index in [1.807, 2.05) is 0 Å². The molecule has 2 heterocycles. The zero-order valence-corrected chi connectivity index (χ0v) is 17.7. The number of hydrogen-bond donors (Lipinski definition) is 2. The summed E-state index contributed by atoms with van der Waals surface area (Å²) in [5.74, 6) is 0.445. The lowest BCUT2D eigenvalue weighted by Gasteiger charge is -2.27. The number of hydrogen-bond acceptors (Lipinski definition) is 7. The fourth-order valence-corrected chi connectivity index (χ4v) is 3.88. The van der Waals surface area contributed by atoms with Crippen LogP contribution in [0.4, 0.5) is 5.69 Å². The Morgan fingerprint density at radius 1 is 1.26 bits per heavy atom. The Morgan fingerprint density at radius 3 is 2.71 bits per heavy atom. The van der Waals surface area contributed by atoms with E-state index in [0.717, 1.165) is 45.0 Å². The summed E-state index contributed by atoms with van der Waals surface area (Å²) in [6.45, 7) is 2.04. The quantitative estimate of drug-likeness (QED) is 0.476. The van der Waals surface area contributed by atoms with Crippen molar-refractivity contribution in [2.45, 2.75) is 38.1 Å². The Bertz CT molecular complexity index is 837. The lowest BCUT2D eigenvalue weighted by molar-refractivity contribution is -0.403. The molecule has 2 saturated heterocycles. The smallest absolute Gasteiger partial charge is 0.274 e. The predicted octanol–water partition coefficient (Wildman–Crippen LogP) is 1.78. The fourth-order valence-electron chi connectivity index (χ4n) is 3.88. The molecule has 2 fully saturated rings. The Hall–Kier alpha value is -3.30. The molecule has 10 heteroatoms. The van der Waals surface area contributed by atoms with Crippen LogP contribution in [0, 0.1) is 10.1 Å². The van der Waals surface area contributed by atoms with E-state index >= 15 is 0 Å². The summed E-state index contributed by atoms with van der Waals surface area (Å²) in [6.07, 6.45) is 4.89. The van der Waals surface area contributed by atoms with Gasteiger partial charge in [-0.15, -0.1) is 0 Å². The van der Waals surface area contributed by atoms with Crippen molar-refractivity contribution in [2.24, 2.45) is 0 Å². The third-order valence-electron chi connectivity index (χ3n) is 5.48. The Labute approximate surface area is 181 Å². The van der Waals surface area contributed by atoms with Gasteiger partial charge in [0, 0.05) is 31.4 Å². The van der Waals surface area contributed by atoms with E-state index < -0.39 is 11.0 Å². The van der Waals surface area contributed by atoms with Crippen molar-refractivity contribution in [3.63, 3.8) is 0 Å². The summed E-state index contributed by atoms with van der Waals surface area (Å²) in [4.78, 5) is 39.6. The van der Waals surface area contributed by atoms with Gasteiger partial charge in [-0.1, -0.05) is 6.07 Å². The molecule has 0 bridgehead atoms. The number of rotatable bonds is 8. The number of nitrogens with one attached hydrogen (secondary N) is 2. The summed E-state index contributed by atoms with van der Waals surface area (Å²) in [7, 11) is 1.54. The highest BCUT2D eigenvalue weighted by Crippen LogP contribution is 2.19. The molecule has 2 aliphatic rings. The van der Waals surface area contributed by atoms with Crippen molar-refractivity contribution in [2.75, 3.05) is 38.6 Å². The van der Waals surface area contributed by atoms with E-state index in [1.165, 1.54) is 7.11 Å². The van der Waals surface area contributed by atoms with Gasteiger partial charge in [0.05, 0.1) is 18.6 Å². The van der Waals surface area contributed by atoms with Crippen molar-refractivity contribution in [1.82, 2.24) is 15.1 Å². The SMILES string of the molecule is COc1cccc(NC(=C[N+](=O)[O-])NC2CCCCN(CC(=O)N3CCCC3)C2=O)c1. The lowest BCUT2D eigenvalue weighted by Crippen LogP contribution is -2.49. The second kappa shape index (κ2) is 10.6. The molecular weight excluding hydrogens is 402 g/mol. The second-order valence-corrected chi connectivity index (χ2v) is 7.73. The highest BCUT2D eigenvalue weighted by Gasteiger charge is 2.30. The minimum absolute atomic E-state index is 0.0398. The monoisotopic (exact) mass is 431 g/mol. The van der Waals surface area contributed by atoms with Crippen LogP contribution in [0.1, 0.15) is 32.1 Å². The van der Waals surface area contributed by atoms with Crippen LogP contribution < -0.4 is 15.4 Å². The van der Waals surface area contributed by atoms with Crippen molar-refractivity contribution < 1.29 is 19.2 Å². The van der Waals surface area contributed by atoms with Gasteiger partial charge in [0.1, 0.15) is 11.8 Å². The van der Waals surface area contributed by atoms with E-state index in [2.05, 4.69) is 10.6 Å². The number of carbonyl (C=O) groups is 2. The highest BCUT2D eigenvalue weighted by molar-refractivity contribution is 5.88. The third kappa shape index (κ3) is 6.34. The van der Waals surface area contributed by atoms with Crippen LogP contribution >= 0.6 is 0 Å². The molecule has 1 aromatic carbocycles. The van der Waals surface area contributed by atoms with Crippen LogP contribution in [-0.4, -0.2) is 65.9 Å². The molecule has 2 aliphatic heterocycles. The number of nitrogens with zero attached hydrogens (tertiary/aromatic N) is 3. The number of methoxy groups -OCH3 is 1. The second-order valence-electron chi connectivity index (χ2n) is 7.73. The minimum atomic E-state index is -0.654. The van der Waals surface area contributed by atoms with E-state index in [-0.39, 0.29) is 24.2 Å². The van der Waals surface area contributed by atoms with Crippen LogP contribution in [0.5, 0.6) is 5.75 Å². The number of ether oxygens (including phenoxy) is 1. The maximum Gasteiger partial charge on any atom is 0.274 e. The molecule has 168 valence electrons. The topological polar surface area (TPSA) is 117 Å². The zero-order valence-electron chi connectivity index (χ0n) is 17.7. The molecule has 10 nitrogen and oxygen atoms in total. The van der Waals surface area contributed by atoms with Gasteiger partial charge in [-0.3, -0.25) is 19.7 Å². The Kier molecular flexibility index (Phi) is 7.69. The summed E-state index contributed by atoms with van der Waals surface area (Å²) in [5.41, 5.74) is 0.585. The number of likely N-dealkylation sites (tertiary alicyclic amines) is 2. The van der Waals surface area contributed by atoms with E-state index in [0.29, 0.717) is 24.4 Å². The van der Waals surface area contributed by atoms with Gasteiger partial charge in [0.25, 0.3) is 6.20 Å². The summed E-state index contributed by atoms with van der Waals surface area (Å²) < 4.78 is 5.18. The van der Waals surface area contributed by atoms with Crippen LogP contribution in [-0.2, 0) is 9.59 Å². The molecule has 0 aliphatic carbocycles. The molecule has 0 saturated carbocycles. The maximum atomic E-state index is 13.1. The Morgan fingerprint density at radius 2 is 2.00 bits per heavy atom. The average molecular weight is 431 g/mol. The standard InChI is InChI=1S/C21H29N5O5/c1-31-17-8-6-7-16(13-17)22-19(14-26(29)30)23-18-9-2-3-12-25(21(18)28)15-20(27)24-10-4-5-11-24/h6-8,13-14,18,22-23H,2-5,9-12,15H2,1H3. The molecule has 1 aromatic rings. The van der Waals surface area contributed by atoms with Gasteiger partial charge in [-0.2, -0.15) is 0 Å². The molecule has 1 atom stereocenters.